The molecular formula is C16H16F3NO4. The zero-order valence-corrected chi connectivity index (χ0v) is 13.1. The van der Waals surface area contributed by atoms with Crippen LogP contribution in [0.25, 0.3) is 0 Å². The summed E-state index contributed by atoms with van der Waals surface area (Å²) in [6.45, 7) is 1.97. The van der Waals surface area contributed by atoms with Gasteiger partial charge in [0, 0.05) is 7.11 Å². The number of hydrogen-bond acceptors (Lipinski definition) is 4. The van der Waals surface area contributed by atoms with Crippen molar-refractivity contribution in [2.45, 2.75) is 13.1 Å². The third kappa shape index (κ3) is 4.29. The van der Waals surface area contributed by atoms with Gasteiger partial charge in [-0.25, -0.2) is 0 Å². The van der Waals surface area contributed by atoms with Gasteiger partial charge in [0.05, 0.1) is 29.7 Å². The van der Waals surface area contributed by atoms with Crippen LogP contribution in [-0.2, 0) is 10.9 Å². The molecule has 8 heteroatoms. The van der Waals surface area contributed by atoms with E-state index in [1.807, 2.05) is 0 Å². The molecule has 0 saturated heterocycles. The van der Waals surface area contributed by atoms with E-state index in [9.17, 15) is 18.0 Å². The highest BCUT2D eigenvalue weighted by Gasteiger charge is 2.31. The average molecular weight is 343 g/mol. The molecule has 0 fully saturated rings. The molecule has 130 valence electrons. The van der Waals surface area contributed by atoms with Gasteiger partial charge in [0.1, 0.15) is 18.1 Å². The van der Waals surface area contributed by atoms with Crippen molar-refractivity contribution in [3.05, 3.63) is 47.4 Å². The maximum absolute atomic E-state index is 12.9. The minimum Gasteiger partial charge on any atom is -0.489 e. The second kappa shape index (κ2) is 7.39. The van der Waals surface area contributed by atoms with Crippen molar-refractivity contribution in [2.75, 3.05) is 25.6 Å². The van der Waals surface area contributed by atoms with Gasteiger partial charge in [0.25, 0.3) is 5.91 Å². The number of anilines is 1. The highest BCUT2D eigenvalue weighted by Crippen LogP contribution is 2.35. The molecule has 0 aliphatic carbocycles. The van der Waals surface area contributed by atoms with E-state index in [0.29, 0.717) is 5.76 Å². The van der Waals surface area contributed by atoms with Gasteiger partial charge in [-0.1, -0.05) is 0 Å². The molecule has 0 unspecified atom stereocenters. The minimum atomic E-state index is -4.53. The van der Waals surface area contributed by atoms with Crippen molar-refractivity contribution in [1.29, 1.82) is 0 Å². The molecule has 0 saturated carbocycles. The summed E-state index contributed by atoms with van der Waals surface area (Å²) in [5.41, 5.74) is -0.734. The van der Waals surface area contributed by atoms with Gasteiger partial charge in [-0.3, -0.25) is 4.79 Å². The summed E-state index contributed by atoms with van der Waals surface area (Å²) in [7, 11) is 1.47. The predicted molar refractivity (Wildman–Crippen MR) is 80.2 cm³/mol. The van der Waals surface area contributed by atoms with Gasteiger partial charge >= 0.3 is 6.18 Å². The van der Waals surface area contributed by atoms with Crippen molar-refractivity contribution in [2.24, 2.45) is 0 Å². The van der Waals surface area contributed by atoms with Gasteiger partial charge in [-0.05, 0) is 31.2 Å². The zero-order valence-electron chi connectivity index (χ0n) is 13.1. The maximum atomic E-state index is 12.9. The van der Waals surface area contributed by atoms with Crippen LogP contribution < -0.4 is 10.1 Å². The van der Waals surface area contributed by atoms with Crippen LogP contribution in [-0.4, -0.2) is 26.2 Å². The number of carbonyl (C=O) groups excluding carboxylic acids is 1. The van der Waals surface area contributed by atoms with Crippen LogP contribution in [0, 0.1) is 6.92 Å². The second-order valence-electron chi connectivity index (χ2n) is 4.89. The Bertz CT molecular complexity index is 710. The molecule has 2 aromatic rings. The Hall–Kier alpha value is -2.48. The molecule has 0 radical (unpaired) electrons. The highest BCUT2D eigenvalue weighted by molar-refractivity contribution is 6.05. The van der Waals surface area contributed by atoms with Crippen molar-refractivity contribution < 1.29 is 31.9 Å². The zero-order chi connectivity index (χ0) is 17.7. The summed E-state index contributed by atoms with van der Waals surface area (Å²) in [5, 5.41) is 2.43. The number of methoxy groups -OCH3 is 1. The fourth-order valence-corrected chi connectivity index (χ4v) is 1.97. The first kappa shape index (κ1) is 17.9. The number of amides is 1. The summed E-state index contributed by atoms with van der Waals surface area (Å²) in [6.07, 6.45) is -3.21. The Balaban J connectivity index is 2.29. The lowest BCUT2D eigenvalue weighted by Crippen LogP contribution is -2.15. The van der Waals surface area contributed by atoms with Crippen LogP contribution in [0.1, 0.15) is 21.7 Å². The quantitative estimate of drug-likeness (QED) is 0.809. The molecule has 0 atom stereocenters. The number of hydrogen-bond donors (Lipinski definition) is 1. The van der Waals surface area contributed by atoms with Gasteiger partial charge in [-0.2, -0.15) is 13.2 Å². The van der Waals surface area contributed by atoms with E-state index in [4.69, 9.17) is 13.9 Å². The molecule has 0 aliphatic heterocycles. The molecule has 1 aromatic heterocycles. The number of halogens is 3. The lowest BCUT2D eigenvalue weighted by atomic mass is 10.1. The largest absolute Gasteiger partial charge is 0.489 e. The van der Waals surface area contributed by atoms with Gasteiger partial charge < -0.3 is 19.2 Å². The molecule has 2 rings (SSSR count). The number of ether oxygens (including phenoxy) is 2. The monoisotopic (exact) mass is 343 g/mol. The number of nitrogens with one attached hydrogen (secondary N) is 1. The third-order valence-electron chi connectivity index (χ3n) is 3.20. The standard InChI is InChI=1S/C16H16F3NO4/c1-10-12(5-6-23-10)15(21)20-13-9-11(16(17,18)19)3-4-14(13)24-8-7-22-2/h3-6,9H,7-8H2,1-2H3,(H,20,21). The lowest BCUT2D eigenvalue weighted by Gasteiger charge is -2.15. The van der Waals surface area contributed by atoms with Gasteiger partial charge in [-0.15, -0.1) is 0 Å². The Labute approximate surface area is 136 Å². The fraction of sp³-hybridized carbons (Fsp3) is 0.312. The number of alkyl halides is 3. The molecule has 0 bridgehead atoms. The average Bonchev–Trinajstić information content (AvgIpc) is 2.94. The molecule has 1 aromatic carbocycles. The van der Waals surface area contributed by atoms with E-state index < -0.39 is 17.6 Å². The lowest BCUT2D eigenvalue weighted by molar-refractivity contribution is -0.137. The van der Waals surface area contributed by atoms with Crippen molar-refractivity contribution in [3.63, 3.8) is 0 Å². The summed E-state index contributed by atoms with van der Waals surface area (Å²) in [6, 6.07) is 4.32. The number of benzene rings is 1. The summed E-state index contributed by atoms with van der Waals surface area (Å²) >= 11 is 0. The molecule has 1 N–H and O–H groups in total. The number of rotatable bonds is 6. The van der Waals surface area contributed by atoms with E-state index >= 15 is 0 Å². The van der Waals surface area contributed by atoms with E-state index in [2.05, 4.69) is 5.32 Å². The van der Waals surface area contributed by atoms with Crippen LogP contribution in [0.5, 0.6) is 5.75 Å². The van der Waals surface area contributed by atoms with Crippen LogP contribution in [0.3, 0.4) is 0 Å². The Morgan fingerprint density at radius 2 is 2.00 bits per heavy atom. The topological polar surface area (TPSA) is 60.7 Å². The third-order valence-corrected chi connectivity index (χ3v) is 3.20. The van der Waals surface area contributed by atoms with E-state index in [0.717, 1.165) is 18.2 Å². The summed E-state index contributed by atoms with van der Waals surface area (Å²) < 4.78 is 53.9. The van der Waals surface area contributed by atoms with Crippen molar-refractivity contribution in [3.8, 4) is 5.75 Å². The molecule has 24 heavy (non-hydrogen) atoms. The van der Waals surface area contributed by atoms with Crippen molar-refractivity contribution >= 4 is 11.6 Å². The first-order valence-corrected chi connectivity index (χ1v) is 7.01. The number of furan rings is 1. The molecule has 5 nitrogen and oxygen atoms in total. The Kier molecular flexibility index (Phi) is 5.50. The molecule has 0 aliphatic rings. The first-order valence-electron chi connectivity index (χ1n) is 7.01. The van der Waals surface area contributed by atoms with E-state index in [1.54, 1.807) is 6.92 Å². The van der Waals surface area contributed by atoms with Gasteiger partial charge in [0.15, 0.2) is 0 Å². The van der Waals surface area contributed by atoms with Crippen molar-refractivity contribution in [1.82, 2.24) is 0 Å². The van der Waals surface area contributed by atoms with Crippen LogP contribution in [0.15, 0.2) is 34.9 Å². The maximum Gasteiger partial charge on any atom is 0.416 e. The van der Waals surface area contributed by atoms with E-state index in [1.165, 1.54) is 19.4 Å². The van der Waals surface area contributed by atoms with Crippen LogP contribution in [0.2, 0.25) is 0 Å². The fourth-order valence-electron chi connectivity index (χ4n) is 1.97. The number of carbonyl (C=O) groups is 1. The van der Waals surface area contributed by atoms with E-state index in [-0.39, 0.29) is 30.2 Å². The molecule has 1 heterocycles. The molecule has 1 amide bonds. The smallest absolute Gasteiger partial charge is 0.416 e. The first-order chi connectivity index (χ1) is 11.3. The molecular weight excluding hydrogens is 327 g/mol. The van der Waals surface area contributed by atoms with Crippen LogP contribution >= 0.6 is 0 Å². The summed E-state index contributed by atoms with van der Waals surface area (Å²) in [4.78, 5) is 12.2. The highest BCUT2D eigenvalue weighted by atomic mass is 19.4. The Morgan fingerprint density at radius 1 is 1.25 bits per heavy atom. The van der Waals surface area contributed by atoms with Crippen LogP contribution in [0.4, 0.5) is 18.9 Å². The predicted octanol–water partition coefficient (Wildman–Crippen LogP) is 3.88. The minimum absolute atomic E-state index is 0.0773. The number of aryl methyl sites for hydroxylation is 1. The Morgan fingerprint density at radius 3 is 2.58 bits per heavy atom. The SMILES string of the molecule is COCCOc1ccc(C(F)(F)F)cc1NC(=O)c1ccoc1C. The normalized spacial score (nSPS) is 11.4. The molecule has 0 spiro atoms. The van der Waals surface area contributed by atoms with Gasteiger partial charge in [0.2, 0.25) is 0 Å². The second-order valence-corrected chi connectivity index (χ2v) is 4.89. The summed E-state index contributed by atoms with van der Waals surface area (Å²) in [5.74, 6) is -0.104.